The molecule has 134 valence electrons. The molecule has 8 heteroatoms. The number of hydrogen-bond acceptors (Lipinski definition) is 5. The number of rotatable bonds is 4. The van der Waals surface area contributed by atoms with Crippen LogP contribution in [0.25, 0.3) is 21.5 Å². The Labute approximate surface area is 165 Å². The second kappa shape index (κ2) is 7.05. The summed E-state index contributed by atoms with van der Waals surface area (Å²) in [5, 5.41) is 16.0. The molecule has 2 aromatic carbocycles. The number of nitrogens with one attached hydrogen (secondary N) is 1. The molecule has 0 aliphatic carbocycles. The largest absolute Gasteiger partial charge is 0.478 e. The number of aromatic nitrogens is 2. The average molecular weight is 444 g/mol. The van der Waals surface area contributed by atoms with E-state index in [4.69, 9.17) is 0 Å². The molecule has 2 N–H and O–H groups in total. The number of carboxylic acid groups (broad SMARTS) is 1. The van der Waals surface area contributed by atoms with Gasteiger partial charge in [-0.1, -0.05) is 15.9 Å². The van der Waals surface area contributed by atoms with E-state index in [1.165, 1.54) is 23.5 Å². The molecule has 0 fully saturated rings. The van der Waals surface area contributed by atoms with Crippen molar-refractivity contribution in [2.45, 2.75) is 0 Å². The van der Waals surface area contributed by atoms with E-state index in [1.807, 2.05) is 23.6 Å². The number of halogens is 2. The quantitative estimate of drug-likeness (QED) is 0.422. The predicted molar refractivity (Wildman–Crippen MR) is 107 cm³/mol. The van der Waals surface area contributed by atoms with Gasteiger partial charge in [-0.3, -0.25) is 4.98 Å². The Bertz CT molecular complexity index is 1170. The lowest BCUT2D eigenvalue weighted by Crippen LogP contribution is -2.05. The van der Waals surface area contributed by atoms with Crippen LogP contribution in [-0.2, 0) is 0 Å². The van der Waals surface area contributed by atoms with Gasteiger partial charge in [0.2, 0.25) is 0 Å². The fraction of sp³-hybridized carbons (Fsp3) is 0. The second-order valence-electron chi connectivity index (χ2n) is 5.67. The summed E-state index contributed by atoms with van der Waals surface area (Å²) in [5.74, 6) is -1.83. The molecule has 0 atom stereocenters. The van der Waals surface area contributed by atoms with Gasteiger partial charge in [0.05, 0.1) is 28.0 Å². The molecule has 0 unspecified atom stereocenters. The van der Waals surface area contributed by atoms with Crippen molar-refractivity contribution in [2.75, 3.05) is 5.32 Å². The number of carbonyl (C=O) groups is 1. The minimum Gasteiger partial charge on any atom is -0.478 e. The van der Waals surface area contributed by atoms with Crippen molar-refractivity contribution in [1.82, 2.24) is 9.97 Å². The Morgan fingerprint density at radius 1 is 1.19 bits per heavy atom. The van der Waals surface area contributed by atoms with Crippen LogP contribution >= 0.6 is 27.3 Å². The van der Waals surface area contributed by atoms with Gasteiger partial charge in [-0.05, 0) is 36.4 Å². The summed E-state index contributed by atoms with van der Waals surface area (Å²) in [6, 6.07) is 9.26. The lowest BCUT2D eigenvalue weighted by atomic mass is 10.1. The van der Waals surface area contributed by atoms with Crippen molar-refractivity contribution in [1.29, 1.82) is 0 Å². The highest BCUT2D eigenvalue weighted by molar-refractivity contribution is 9.10. The molecule has 4 aromatic rings. The molecule has 0 radical (unpaired) electrons. The van der Waals surface area contributed by atoms with Crippen molar-refractivity contribution < 1.29 is 14.3 Å². The highest BCUT2D eigenvalue weighted by Gasteiger charge is 2.17. The SMILES string of the molecule is O=C(O)c1cc(F)ccc1Nc1c(-c2nccs2)cnc2ccc(Br)cc12. The van der Waals surface area contributed by atoms with Gasteiger partial charge in [-0.25, -0.2) is 14.2 Å². The number of hydrogen-bond donors (Lipinski definition) is 2. The molecule has 4 rings (SSSR count). The van der Waals surface area contributed by atoms with Gasteiger partial charge in [-0.15, -0.1) is 11.3 Å². The molecule has 2 aromatic heterocycles. The van der Waals surface area contributed by atoms with Gasteiger partial charge in [0.1, 0.15) is 10.8 Å². The number of fused-ring (bicyclic) bond motifs is 1. The Hall–Kier alpha value is -2.84. The van der Waals surface area contributed by atoms with Gasteiger partial charge in [0.25, 0.3) is 0 Å². The average Bonchev–Trinajstić information content (AvgIpc) is 3.17. The molecule has 2 heterocycles. The summed E-state index contributed by atoms with van der Waals surface area (Å²) in [4.78, 5) is 20.4. The van der Waals surface area contributed by atoms with Crippen LogP contribution < -0.4 is 5.32 Å². The van der Waals surface area contributed by atoms with Crippen molar-refractivity contribution in [3.63, 3.8) is 0 Å². The minimum absolute atomic E-state index is 0.153. The van der Waals surface area contributed by atoms with E-state index >= 15 is 0 Å². The summed E-state index contributed by atoms with van der Waals surface area (Å²) < 4.78 is 14.4. The molecule has 27 heavy (non-hydrogen) atoms. The van der Waals surface area contributed by atoms with E-state index in [0.717, 1.165) is 32.0 Å². The summed E-state index contributed by atoms with van der Waals surface area (Å²) in [6.45, 7) is 0. The van der Waals surface area contributed by atoms with Gasteiger partial charge in [0.15, 0.2) is 0 Å². The zero-order chi connectivity index (χ0) is 19.0. The van der Waals surface area contributed by atoms with Crippen LogP contribution in [0.2, 0.25) is 0 Å². The van der Waals surface area contributed by atoms with E-state index in [1.54, 1.807) is 12.4 Å². The molecule has 0 bridgehead atoms. The van der Waals surface area contributed by atoms with Gasteiger partial charge in [0, 0.05) is 27.6 Å². The van der Waals surface area contributed by atoms with Crippen molar-refractivity contribution in [3.8, 4) is 10.6 Å². The first-order valence-electron chi connectivity index (χ1n) is 7.81. The Kier molecular flexibility index (Phi) is 4.59. The zero-order valence-electron chi connectivity index (χ0n) is 13.6. The van der Waals surface area contributed by atoms with E-state index in [0.29, 0.717) is 5.69 Å². The van der Waals surface area contributed by atoms with Crippen LogP contribution in [-0.4, -0.2) is 21.0 Å². The van der Waals surface area contributed by atoms with Crippen LogP contribution in [0.4, 0.5) is 15.8 Å². The minimum atomic E-state index is -1.22. The molecule has 0 saturated carbocycles. The van der Waals surface area contributed by atoms with Gasteiger partial charge >= 0.3 is 5.97 Å². The molecule has 0 spiro atoms. The topological polar surface area (TPSA) is 75.1 Å². The summed E-state index contributed by atoms with van der Waals surface area (Å²) in [5.41, 5.74) is 2.26. The third kappa shape index (κ3) is 3.41. The van der Waals surface area contributed by atoms with E-state index in [9.17, 15) is 14.3 Å². The standard InChI is InChI=1S/C19H11BrFN3O2S/c20-10-1-3-15-12(7-10)17(14(9-23-15)18-22-5-6-27-18)24-16-4-2-11(21)8-13(16)19(25)26/h1-9H,(H,23,24)(H,25,26). The summed E-state index contributed by atoms with van der Waals surface area (Å²) in [6.07, 6.45) is 3.39. The van der Waals surface area contributed by atoms with Crippen molar-refractivity contribution >= 4 is 55.5 Å². The fourth-order valence-electron chi connectivity index (χ4n) is 2.76. The Morgan fingerprint density at radius 3 is 2.78 bits per heavy atom. The maximum atomic E-state index is 13.5. The maximum Gasteiger partial charge on any atom is 0.337 e. The molecule has 5 nitrogen and oxygen atoms in total. The number of pyridine rings is 1. The molecule has 0 aliphatic heterocycles. The van der Waals surface area contributed by atoms with Crippen LogP contribution in [0.1, 0.15) is 10.4 Å². The van der Waals surface area contributed by atoms with E-state index < -0.39 is 11.8 Å². The predicted octanol–water partition coefficient (Wildman–Crippen LogP) is 5.70. The first-order valence-corrected chi connectivity index (χ1v) is 9.48. The number of anilines is 2. The molecule has 0 saturated heterocycles. The lowest BCUT2D eigenvalue weighted by Gasteiger charge is -2.15. The lowest BCUT2D eigenvalue weighted by molar-refractivity contribution is 0.0697. The molecule has 0 aliphatic rings. The monoisotopic (exact) mass is 443 g/mol. The normalized spacial score (nSPS) is 10.9. The fourth-order valence-corrected chi connectivity index (χ4v) is 3.77. The number of aromatic carboxylic acids is 1. The van der Waals surface area contributed by atoms with Crippen LogP contribution in [0.5, 0.6) is 0 Å². The third-order valence-electron chi connectivity index (χ3n) is 3.96. The second-order valence-corrected chi connectivity index (χ2v) is 7.48. The van der Waals surface area contributed by atoms with E-state index in [-0.39, 0.29) is 11.3 Å². The third-order valence-corrected chi connectivity index (χ3v) is 5.26. The molecular formula is C19H11BrFN3O2S. The highest BCUT2D eigenvalue weighted by Crippen LogP contribution is 2.38. The number of benzene rings is 2. The zero-order valence-corrected chi connectivity index (χ0v) is 16.0. The van der Waals surface area contributed by atoms with Crippen LogP contribution in [0, 0.1) is 5.82 Å². The Morgan fingerprint density at radius 2 is 2.04 bits per heavy atom. The summed E-state index contributed by atoms with van der Waals surface area (Å²) in [7, 11) is 0. The summed E-state index contributed by atoms with van der Waals surface area (Å²) >= 11 is 4.91. The van der Waals surface area contributed by atoms with Gasteiger partial charge < -0.3 is 10.4 Å². The van der Waals surface area contributed by atoms with Gasteiger partial charge in [-0.2, -0.15) is 0 Å². The number of nitrogens with zero attached hydrogens (tertiary/aromatic N) is 2. The number of carboxylic acids is 1. The molecular weight excluding hydrogens is 433 g/mol. The van der Waals surface area contributed by atoms with Crippen molar-refractivity contribution in [3.05, 3.63) is 70.0 Å². The molecule has 0 amide bonds. The highest BCUT2D eigenvalue weighted by atomic mass is 79.9. The van der Waals surface area contributed by atoms with Crippen molar-refractivity contribution in [2.24, 2.45) is 0 Å². The first kappa shape index (κ1) is 17.6. The Balaban J connectivity index is 1.96. The smallest absolute Gasteiger partial charge is 0.337 e. The first-order chi connectivity index (χ1) is 13.0. The van der Waals surface area contributed by atoms with E-state index in [2.05, 4.69) is 31.2 Å². The maximum absolute atomic E-state index is 13.5. The van der Waals surface area contributed by atoms with Crippen LogP contribution in [0.3, 0.4) is 0 Å². The van der Waals surface area contributed by atoms with Crippen LogP contribution in [0.15, 0.2) is 58.6 Å². The number of thiazole rings is 1.